The number of benzene rings is 2. The van der Waals surface area contributed by atoms with Gasteiger partial charge < -0.3 is 24.3 Å². The molecule has 24 heavy (non-hydrogen) atoms. The Morgan fingerprint density at radius 2 is 1.96 bits per heavy atom. The predicted octanol–water partition coefficient (Wildman–Crippen LogP) is 3.04. The summed E-state index contributed by atoms with van der Waals surface area (Å²) in [5.41, 5.74) is 3.48. The zero-order chi connectivity index (χ0) is 16.5. The summed E-state index contributed by atoms with van der Waals surface area (Å²) >= 11 is 0. The minimum absolute atomic E-state index is 0.238. The van der Waals surface area contributed by atoms with Gasteiger partial charge in [0.15, 0.2) is 11.5 Å². The first-order valence-electron chi connectivity index (χ1n) is 8.18. The number of methoxy groups -OCH3 is 1. The first-order valence-corrected chi connectivity index (χ1v) is 8.18. The molecule has 0 saturated heterocycles. The zero-order valence-corrected chi connectivity index (χ0v) is 13.9. The van der Waals surface area contributed by atoms with Gasteiger partial charge in [-0.3, -0.25) is 0 Å². The van der Waals surface area contributed by atoms with Crippen LogP contribution in [0.25, 0.3) is 0 Å². The van der Waals surface area contributed by atoms with Crippen molar-refractivity contribution in [3.05, 3.63) is 47.0 Å². The largest absolute Gasteiger partial charge is 0.496 e. The van der Waals surface area contributed by atoms with Crippen molar-refractivity contribution in [2.75, 3.05) is 13.9 Å². The van der Waals surface area contributed by atoms with E-state index in [4.69, 9.17) is 18.9 Å². The van der Waals surface area contributed by atoms with Gasteiger partial charge in [0.1, 0.15) is 17.6 Å². The van der Waals surface area contributed by atoms with Gasteiger partial charge in [0.25, 0.3) is 0 Å². The van der Waals surface area contributed by atoms with Crippen LogP contribution in [0.4, 0.5) is 0 Å². The number of ether oxygens (including phenoxy) is 4. The Hall–Kier alpha value is -2.40. The van der Waals surface area contributed by atoms with E-state index in [9.17, 15) is 0 Å². The molecule has 5 heteroatoms. The van der Waals surface area contributed by atoms with Crippen molar-refractivity contribution in [1.29, 1.82) is 0 Å². The first-order chi connectivity index (χ1) is 11.7. The maximum Gasteiger partial charge on any atom is 0.231 e. The van der Waals surface area contributed by atoms with E-state index < -0.39 is 0 Å². The molecule has 0 spiro atoms. The average Bonchev–Trinajstić information content (AvgIpc) is 3.18. The molecule has 2 heterocycles. The Morgan fingerprint density at radius 1 is 1.08 bits per heavy atom. The van der Waals surface area contributed by atoms with Crippen molar-refractivity contribution in [3.63, 3.8) is 0 Å². The highest BCUT2D eigenvalue weighted by molar-refractivity contribution is 5.49. The Morgan fingerprint density at radius 3 is 2.83 bits per heavy atom. The normalized spacial score (nSPS) is 17.5. The minimum Gasteiger partial charge on any atom is -0.496 e. The fourth-order valence-corrected chi connectivity index (χ4v) is 3.20. The molecule has 2 aromatic carbocycles. The lowest BCUT2D eigenvalue weighted by Gasteiger charge is -2.12. The fourth-order valence-electron chi connectivity index (χ4n) is 3.20. The van der Waals surface area contributed by atoms with Crippen molar-refractivity contribution in [2.45, 2.75) is 32.5 Å². The molecule has 0 saturated carbocycles. The molecule has 0 amide bonds. The third-order valence-electron chi connectivity index (χ3n) is 4.38. The lowest BCUT2D eigenvalue weighted by atomic mass is 10.1. The smallest absolute Gasteiger partial charge is 0.231 e. The number of hydrogen-bond donors (Lipinski definition) is 1. The molecule has 1 N–H and O–H groups in total. The number of hydrogen-bond acceptors (Lipinski definition) is 5. The van der Waals surface area contributed by atoms with Gasteiger partial charge in [-0.05, 0) is 36.8 Å². The summed E-state index contributed by atoms with van der Waals surface area (Å²) in [6.07, 6.45) is 1.18. The molecule has 0 fully saturated rings. The third-order valence-corrected chi connectivity index (χ3v) is 4.38. The van der Waals surface area contributed by atoms with Crippen LogP contribution >= 0.6 is 0 Å². The molecular formula is C19H21NO4. The van der Waals surface area contributed by atoms with Crippen LogP contribution in [-0.4, -0.2) is 20.0 Å². The van der Waals surface area contributed by atoms with Gasteiger partial charge in [0, 0.05) is 30.6 Å². The van der Waals surface area contributed by atoms with E-state index in [0.717, 1.165) is 47.1 Å². The van der Waals surface area contributed by atoms with Gasteiger partial charge >= 0.3 is 0 Å². The minimum atomic E-state index is 0.238. The monoisotopic (exact) mass is 327 g/mol. The van der Waals surface area contributed by atoms with Crippen molar-refractivity contribution < 1.29 is 18.9 Å². The van der Waals surface area contributed by atoms with Gasteiger partial charge in [0.05, 0.1) is 7.11 Å². The summed E-state index contributed by atoms with van der Waals surface area (Å²) in [7, 11) is 1.71. The van der Waals surface area contributed by atoms with Crippen LogP contribution in [0.1, 0.15) is 23.6 Å². The Bertz CT molecular complexity index is 759. The van der Waals surface area contributed by atoms with Gasteiger partial charge in [0.2, 0.25) is 6.79 Å². The SMILES string of the molecule is COc1cc2c(cc1CNCc1ccc3c(c1)OCO3)O[C@@H](C)C2. The van der Waals surface area contributed by atoms with E-state index in [-0.39, 0.29) is 6.10 Å². The summed E-state index contributed by atoms with van der Waals surface area (Å²) in [5, 5.41) is 3.45. The molecule has 5 nitrogen and oxygen atoms in total. The molecule has 0 radical (unpaired) electrons. The second-order valence-corrected chi connectivity index (χ2v) is 6.20. The zero-order valence-electron chi connectivity index (χ0n) is 13.9. The van der Waals surface area contributed by atoms with Crippen molar-refractivity contribution in [3.8, 4) is 23.0 Å². The molecule has 2 aliphatic rings. The van der Waals surface area contributed by atoms with E-state index >= 15 is 0 Å². The van der Waals surface area contributed by atoms with Crippen LogP contribution in [-0.2, 0) is 19.5 Å². The standard InChI is InChI=1S/C19H21NO4/c1-12-5-14-7-17(21-2)15(8-18(14)24-12)10-20-9-13-3-4-16-19(6-13)23-11-22-16/h3-4,6-8,12,20H,5,9-11H2,1-2H3/t12-/m0/s1. The Labute approximate surface area is 141 Å². The summed E-state index contributed by atoms with van der Waals surface area (Å²) in [5.74, 6) is 3.50. The number of fused-ring (bicyclic) bond motifs is 2. The van der Waals surface area contributed by atoms with Crippen molar-refractivity contribution >= 4 is 0 Å². The molecule has 0 unspecified atom stereocenters. The van der Waals surface area contributed by atoms with Crippen LogP contribution in [0.15, 0.2) is 30.3 Å². The van der Waals surface area contributed by atoms with Gasteiger partial charge in [-0.1, -0.05) is 6.07 Å². The fraction of sp³-hybridized carbons (Fsp3) is 0.368. The third kappa shape index (κ3) is 2.87. The molecule has 0 bridgehead atoms. The summed E-state index contributed by atoms with van der Waals surface area (Å²) < 4.78 is 22.1. The Kier molecular flexibility index (Phi) is 3.94. The van der Waals surface area contributed by atoms with E-state index in [2.05, 4.69) is 24.4 Å². The van der Waals surface area contributed by atoms with E-state index in [1.807, 2.05) is 18.2 Å². The van der Waals surface area contributed by atoms with Crippen LogP contribution < -0.4 is 24.3 Å². The van der Waals surface area contributed by atoms with Gasteiger partial charge in [-0.25, -0.2) is 0 Å². The van der Waals surface area contributed by atoms with Crippen molar-refractivity contribution in [2.24, 2.45) is 0 Å². The molecule has 0 aromatic heterocycles. The molecule has 1 atom stereocenters. The van der Waals surface area contributed by atoms with E-state index in [0.29, 0.717) is 13.3 Å². The van der Waals surface area contributed by atoms with Gasteiger partial charge in [-0.15, -0.1) is 0 Å². The van der Waals surface area contributed by atoms with E-state index in [1.165, 1.54) is 5.56 Å². The van der Waals surface area contributed by atoms with Gasteiger partial charge in [-0.2, -0.15) is 0 Å². The van der Waals surface area contributed by atoms with Crippen LogP contribution in [0, 0.1) is 0 Å². The molecule has 2 aliphatic heterocycles. The molecule has 4 rings (SSSR count). The summed E-state index contributed by atoms with van der Waals surface area (Å²) in [6, 6.07) is 10.2. The van der Waals surface area contributed by atoms with E-state index in [1.54, 1.807) is 7.11 Å². The Balaban J connectivity index is 1.43. The maximum atomic E-state index is 5.85. The highest BCUT2D eigenvalue weighted by Gasteiger charge is 2.21. The second kappa shape index (κ2) is 6.24. The number of nitrogens with one attached hydrogen (secondary N) is 1. The highest BCUT2D eigenvalue weighted by Crippen LogP contribution is 2.35. The van der Waals surface area contributed by atoms with Crippen molar-refractivity contribution in [1.82, 2.24) is 5.32 Å². The van der Waals surface area contributed by atoms with Crippen LogP contribution in [0.2, 0.25) is 0 Å². The maximum absolute atomic E-state index is 5.85. The predicted molar refractivity (Wildman–Crippen MR) is 89.9 cm³/mol. The summed E-state index contributed by atoms with van der Waals surface area (Å²) in [6.45, 7) is 3.85. The lowest BCUT2D eigenvalue weighted by Crippen LogP contribution is -2.13. The van der Waals surface area contributed by atoms with Crippen LogP contribution in [0.3, 0.4) is 0 Å². The number of rotatable bonds is 5. The molecular weight excluding hydrogens is 306 g/mol. The summed E-state index contributed by atoms with van der Waals surface area (Å²) in [4.78, 5) is 0. The molecule has 126 valence electrons. The first kappa shape index (κ1) is 15.1. The average molecular weight is 327 g/mol. The van der Waals surface area contributed by atoms with Crippen LogP contribution in [0.5, 0.6) is 23.0 Å². The molecule has 2 aromatic rings. The molecule has 0 aliphatic carbocycles. The quantitative estimate of drug-likeness (QED) is 0.915. The highest BCUT2D eigenvalue weighted by atomic mass is 16.7. The second-order valence-electron chi connectivity index (χ2n) is 6.20. The topological polar surface area (TPSA) is 49.0 Å². The lowest BCUT2D eigenvalue weighted by molar-refractivity contribution is 0.174.